The Morgan fingerprint density at radius 2 is 1.62 bits per heavy atom. The second kappa shape index (κ2) is 2.70. The van der Waals surface area contributed by atoms with Crippen molar-refractivity contribution >= 4 is 0 Å². The highest BCUT2D eigenvalue weighted by molar-refractivity contribution is 5.18. The first kappa shape index (κ1) is 8.99. The van der Waals surface area contributed by atoms with E-state index in [1.807, 2.05) is 0 Å². The lowest BCUT2D eigenvalue weighted by Crippen LogP contribution is -2.28. The Morgan fingerprint density at radius 3 is 2.00 bits per heavy atom. The maximum atomic E-state index is 12.8. The Balaban J connectivity index is 1.96. The molecule has 0 heterocycles. The van der Waals surface area contributed by atoms with Crippen LogP contribution in [-0.4, -0.2) is 5.92 Å². The Bertz CT molecular complexity index is 235. The molecule has 2 aliphatic carbocycles. The summed E-state index contributed by atoms with van der Waals surface area (Å²) >= 11 is 0. The molecule has 0 N–H and O–H groups in total. The Hall–Kier alpha value is -0.580. The second-order valence-electron chi connectivity index (χ2n) is 4.43. The van der Waals surface area contributed by atoms with Crippen LogP contribution in [0.2, 0.25) is 0 Å². The largest absolute Gasteiger partial charge is 0.248 e. The second-order valence-corrected chi connectivity index (χ2v) is 4.43. The number of hydrogen-bond acceptors (Lipinski definition) is 0. The number of hydrogen-bond donors (Lipinski definition) is 0. The predicted molar refractivity (Wildman–Crippen MR) is 47.4 cm³/mol. The van der Waals surface area contributed by atoms with E-state index in [0.717, 1.165) is 12.8 Å². The van der Waals surface area contributed by atoms with Crippen molar-refractivity contribution < 1.29 is 8.78 Å². The van der Waals surface area contributed by atoms with Crippen LogP contribution in [0.4, 0.5) is 8.78 Å². The van der Waals surface area contributed by atoms with Crippen LogP contribution in [0.1, 0.15) is 38.5 Å². The summed E-state index contributed by atoms with van der Waals surface area (Å²) in [6, 6.07) is 0. The molecule has 72 valence electrons. The molecule has 2 heteroatoms. The van der Waals surface area contributed by atoms with Crippen molar-refractivity contribution in [3.05, 3.63) is 0 Å². The van der Waals surface area contributed by atoms with Crippen molar-refractivity contribution in [2.24, 2.45) is 11.3 Å². The van der Waals surface area contributed by atoms with E-state index in [4.69, 9.17) is 6.42 Å². The molecule has 0 aromatic heterocycles. The van der Waals surface area contributed by atoms with Gasteiger partial charge in [-0.05, 0) is 31.6 Å². The van der Waals surface area contributed by atoms with Crippen LogP contribution in [-0.2, 0) is 0 Å². The van der Waals surface area contributed by atoms with Gasteiger partial charge in [0.05, 0.1) is 0 Å². The summed E-state index contributed by atoms with van der Waals surface area (Å²) in [6.45, 7) is 0. The van der Waals surface area contributed by atoms with E-state index in [-0.39, 0.29) is 18.3 Å². The van der Waals surface area contributed by atoms with E-state index < -0.39 is 5.92 Å². The molecule has 0 unspecified atom stereocenters. The van der Waals surface area contributed by atoms with E-state index in [0.29, 0.717) is 18.8 Å². The molecule has 2 saturated carbocycles. The van der Waals surface area contributed by atoms with Crippen LogP contribution >= 0.6 is 0 Å². The SMILES string of the molecule is C#CC1(C2CCC(F)(F)CC2)CC1. The average molecular weight is 184 g/mol. The molecular formula is C11H14F2. The molecule has 13 heavy (non-hydrogen) atoms. The first-order valence-electron chi connectivity index (χ1n) is 4.94. The minimum atomic E-state index is -2.42. The minimum absolute atomic E-state index is 0.0243. The van der Waals surface area contributed by atoms with Gasteiger partial charge in [0.15, 0.2) is 0 Å². The quantitative estimate of drug-likeness (QED) is 0.549. The van der Waals surface area contributed by atoms with Gasteiger partial charge in [-0.25, -0.2) is 8.78 Å². The zero-order valence-corrected chi connectivity index (χ0v) is 7.65. The molecule has 0 radical (unpaired) electrons. The summed E-state index contributed by atoms with van der Waals surface area (Å²) in [7, 11) is 0. The van der Waals surface area contributed by atoms with Crippen LogP contribution in [0.25, 0.3) is 0 Å². The lowest BCUT2D eigenvalue weighted by atomic mass is 9.77. The summed E-state index contributed by atoms with van der Waals surface area (Å²) in [6.07, 6.45) is 8.87. The molecule has 0 saturated heterocycles. The summed E-state index contributed by atoms with van der Waals surface area (Å²) in [4.78, 5) is 0. The third kappa shape index (κ3) is 1.57. The molecule has 2 aliphatic rings. The Labute approximate surface area is 77.7 Å². The lowest BCUT2D eigenvalue weighted by Gasteiger charge is -2.31. The monoisotopic (exact) mass is 184 g/mol. The highest BCUT2D eigenvalue weighted by Gasteiger charge is 2.50. The molecule has 2 fully saturated rings. The normalized spacial score (nSPS) is 30.8. The summed E-state index contributed by atoms with van der Waals surface area (Å²) in [5.74, 6) is 0.761. The highest BCUT2D eigenvalue weighted by atomic mass is 19.3. The minimum Gasteiger partial charge on any atom is -0.207 e. The van der Waals surface area contributed by atoms with Crippen LogP contribution in [0.15, 0.2) is 0 Å². The molecule has 0 aromatic carbocycles. The van der Waals surface area contributed by atoms with Gasteiger partial charge in [0.1, 0.15) is 0 Å². The third-order valence-electron chi connectivity index (χ3n) is 3.57. The van der Waals surface area contributed by atoms with Crippen LogP contribution in [0.3, 0.4) is 0 Å². The number of terminal acetylenes is 1. The summed E-state index contributed by atoms with van der Waals surface area (Å²) in [5.41, 5.74) is 0.0243. The van der Waals surface area contributed by atoms with Gasteiger partial charge < -0.3 is 0 Å². The molecule has 0 aromatic rings. The standard InChI is InChI=1S/C11H14F2/c1-2-10(7-8-10)9-3-5-11(12,13)6-4-9/h1,9H,3-8H2. The van der Waals surface area contributed by atoms with Crippen LogP contribution in [0.5, 0.6) is 0 Å². The van der Waals surface area contributed by atoms with Crippen LogP contribution < -0.4 is 0 Å². The topological polar surface area (TPSA) is 0 Å². The van der Waals surface area contributed by atoms with Crippen molar-refractivity contribution in [2.75, 3.05) is 0 Å². The molecular weight excluding hydrogens is 170 g/mol. The van der Waals surface area contributed by atoms with Gasteiger partial charge in [-0.2, -0.15) is 0 Å². The van der Waals surface area contributed by atoms with Gasteiger partial charge in [0.2, 0.25) is 5.92 Å². The Kier molecular flexibility index (Phi) is 1.87. The molecule has 0 spiro atoms. The van der Waals surface area contributed by atoms with E-state index >= 15 is 0 Å². The maximum Gasteiger partial charge on any atom is 0.248 e. The van der Waals surface area contributed by atoms with Crippen molar-refractivity contribution in [2.45, 2.75) is 44.4 Å². The Morgan fingerprint density at radius 1 is 1.08 bits per heavy atom. The predicted octanol–water partition coefficient (Wildman–Crippen LogP) is 3.23. The molecule has 0 atom stereocenters. The van der Waals surface area contributed by atoms with Crippen molar-refractivity contribution in [3.8, 4) is 12.3 Å². The van der Waals surface area contributed by atoms with Gasteiger partial charge in [-0.3, -0.25) is 0 Å². The van der Waals surface area contributed by atoms with Crippen LogP contribution in [0, 0.1) is 23.7 Å². The fraction of sp³-hybridized carbons (Fsp3) is 0.818. The smallest absolute Gasteiger partial charge is 0.207 e. The highest BCUT2D eigenvalue weighted by Crippen LogP contribution is 2.57. The van der Waals surface area contributed by atoms with Gasteiger partial charge in [0.25, 0.3) is 0 Å². The molecule has 0 amide bonds. The number of halogens is 2. The fourth-order valence-electron chi connectivity index (χ4n) is 2.40. The van der Waals surface area contributed by atoms with Crippen molar-refractivity contribution in [1.29, 1.82) is 0 Å². The van der Waals surface area contributed by atoms with Gasteiger partial charge >= 0.3 is 0 Å². The van der Waals surface area contributed by atoms with E-state index in [2.05, 4.69) is 5.92 Å². The fourth-order valence-corrected chi connectivity index (χ4v) is 2.40. The van der Waals surface area contributed by atoms with Gasteiger partial charge in [-0.1, -0.05) is 5.92 Å². The van der Waals surface area contributed by atoms with E-state index in [9.17, 15) is 8.78 Å². The zero-order chi connectivity index (χ0) is 9.53. The zero-order valence-electron chi connectivity index (χ0n) is 7.65. The van der Waals surface area contributed by atoms with Crippen molar-refractivity contribution in [3.63, 3.8) is 0 Å². The number of alkyl halides is 2. The molecule has 0 bridgehead atoms. The first-order valence-corrected chi connectivity index (χ1v) is 4.94. The maximum absolute atomic E-state index is 12.8. The van der Waals surface area contributed by atoms with E-state index in [1.54, 1.807) is 0 Å². The molecule has 2 rings (SSSR count). The third-order valence-corrected chi connectivity index (χ3v) is 3.57. The lowest BCUT2D eigenvalue weighted by molar-refractivity contribution is -0.0510. The summed E-state index contributed by atoms with van der Waals surface area (Å²) < 4.78 is 25.7. The van der Waals surface area contributed by atoms with Gasteiger partial charge in [0, 0.05) is 18.3 Å². The molecule has 0 aliphatic heterocycles. The van der Waals surface area contributed by atoms with E-state index in [1.165, 1.54) is 0 Å². The van der Waals surface area contributed by atoms with Crippen molar-refractivity contribution in [1.82, 2.24) is 0 Å². The molecule has 0 nitrogen and oxygen atoms in total. The number of rotatable bonds is 1. The average Bonchev–Trinajstić information content (AvgIpc) is 2.85. The van der Waals surface area contributed by atoms with Gasteiger partial charge in [-0.15, -0.1) is 6.42 Å². The summed E-state index contributed by atoms with van der Waals surface area (Å²) in [5, 5.41) is 0. The first-order chi connectivity index (χ1) is 6.08.